The van der Waals surface area contributed by atoms with Crippen LogP contribution in [-0.2, 0) is 10.1 Å². The Morgan fingerprint density at radius 1 is 1.43 bits per heavy atom. The second-order valence-electron chi connectivity index (χ2n) is 0.733. The number of hydrogen-bond donors (Lipinski definition) is 1. The molecular formula is CH4O3PbSSn. The fraction of sp³-hybridized carbons (Fsp3) is 1.00. The molecule has 3 nitrogen and oxygen atoms in total. The summed E-state index contributed by atoms with van der Waals surface area (Å²) in [6.45, 7) is 0. The topological polar surface area (TPSA) is 54.4 Å². The van der Waals surface area contributed by atoms with E-state index in [1.54, 1.807) is 0 Å². The maximum atomic E-state index is 9.19. The fourth-order valence-electron chi connectivity index (χ4n) is 0. The third-order valence-corrected chi connectivity index (χ3v) is 0. The normalized spacial score (nSPS) is 8.29. The zero-order valence-electron chi connectivity index (χ0n) is 3.67. The van der Waals surface area contributed by atoms with Gasteiger partial charge in [-0.3, -0.25) is 4.55 Å². The van der Waals surface area contributed by atoms with Crippen LogP contribution in [0.3, 0.4) is 0 Å². The second-order valence-corrected chi connectivity index (χ2v) is 2.20. The third-order valence-electron chi connectivity index (χ3n) is 0. The van der Waals surface area contributed by atoms with Gasteiger partial charge in [0.2, 0.25) is 0 Å². The van der Waals surface area contributed by atoms with Gasteiger partial charge in [0.15, 0.2) is 0 Å². The van der Waals surface area contributed by atoms with Gasteiger partial charge in [0, 0.05) is 51.2 Å². The molecule has 0 heterocycles. The van der Waals surface area contributed by atoms with E-state index in [4.69, 9.17) is 4.55 Å². The maximum absolute atomic E-state index is 9.19. The molecule has 0 aliphatic carbocycles. The first-order chi connectivity index (χ1) is 2.00. The first-order valence-electron chi connectivity index (χ1n) is 0.924. The molecule has 0 aromatic heterocycles. The van der Waals surface area contributed by atoms with Gasteiger partial charge in [0.05, 0.1) is 6.26 Å². The summed E-state index contributed by atoms with van der Waals surface area (Å²) in [5.41, 5.74) is 0. The van der Waals surface area contributed by atoms with E-state index in [1.165, 1.54) is 0 Å². The van der Waals surface area contributed by atoms with Crippen LogP contribution >= 0.6 is 0 Å². The molecule has 0 rings (SSSR count). The fourth-order valence-corrected chi connectivity index (χ4v) is 0. The Morgan fingerprint density at radius 3 is 1.43 bits per heavy atom. The molecule has 0 aliphatic rings. The average Bonchev–Trinajstić information content (AvgIpc) is 0.722. The molecule has 0 unspecified atom stereocenters. The molecular weight excluding hydrogens is 418 g/mol. The van der Waals surface area contributed by atoms with Crippen LogP contribution in [0.4, 0.5) is 0 Å². The molecule has 0 saturated heterocycles. The van der Waals surface area contributed by atoms with Crippen molar-refractivity contribution in [3.05, 3.63) is 0 Å². The van der Waals surface area contributed by atoms with Crippen molar-refractivity contribution < 1.29 is 13.0 Å². The molecule has 1 N–H and O–H groups in total. The summed E-state index contributed by atoms with van der Waals surface area (Å²) < 4.78 is 25.9. The minimum Gasteiger partial charge on any atom is -0.286 e. The molecule has 40 valence electrons. The van der Waals surface area contributed by atoms with Crippen LogP contribution in [-0.4, -0.2) is 70.4 Å². The van der Waals surface area contributed by atoms with Gasteiger partial charge in [0.1, 0.15) is 0 Å². The van der Waals surface area contributed by atoms with Crippen LogP contribution in [0.5, 0.6) is 0 Å². The summed E-state index contributed by atoms with van der Waals surface area (Å²) in [4.78, 5) is 0. The van der Waals surface area contributed by atoms with Gasteiger partial charge in [-0.15, -0.1) is 0 Å². The summed E-state index contributed by atoms with van der Waals surface area (Å²) in [6, 6.07) is 0. The largest absolute Gasteiger partial charge is 0.286 e. The van der Waals surface area contributed by atoms with E-state index in [1.807, 2.05) is 0 Å². The van der Waals surface area contributed by atoms with Crippen LogP contribution in [0.15, 0.2) is 0 Å². The van der Waals surface area contributed by atoms with Crippen molar-refractivity contribution in [2.75, 3.05) is 6.26 Å². The van der Waals surface area contributed by atoms with Crippen molar-refractivity contribution in [3.8, 4) is 0 Å². The second kappa shape index (κ2) is 5.76. The van der Waals surface area contributed by atoms with Crippen LogP contribution in [0.2, 0.25) is 0 Å². The summed E-state index contributed by atoms with van der Waals surface area (Å²) in [6.07, 6.45) is 0.715. The predicted octanol–water partition coefficient (Wildman–Crippen LogP) is -1.26. The molecule has 0 amide bonds. The van der Waals surface area contributed by atoms with E-state index in [0.717, 1.165) is 0 Å². The summed E-state index contributed by atoms with van der Waals surface area (Å²) in [5, 5.41) is 0. The first kappa shape index (κ1) is 15.9. The number of rotatable bonds is 0. The van der Waals surface area contributed by atoms with E-state index in [2.05, 4.69) is 0 Å². The Morgan fingerprint density at radius 2 is 1.43 bits per heavy atom. The molecule has 0 aromatic carbocycles. The van der Waals surface area contributed by atoms with Crippen molar-refractivity contribution in [2.45, 2.75) is 0 Å². The molecule has 8 radical (unpaired) electrons. The van der Waals surface area contributed by atoms with Crippen molar-refractivity contribution in [1.29, 1.82) is 0 Å². The van der Waals surface area contributed by atoms with E-state index in [0.29, 0.717) is 6.26 Å². The third kappa shape index (κ3) is 91.0. The van der Waals surface area contributed by atoms with Gasteiger partial charge < -0.3 is 0 Å². The van der Waals surface area contributed by atoms with Crippen molar-refractivity contribution in [2.24, 2.45) is 0 Å². The monoisotopic (exact) mass is 424 g/mol. The molecule has 0 aromatic rings. The Balaban J connectivity index is -0.0000000800. The molecule has 0 spiro atoms. The molecule has 0 bridgehead atoms. The zero-order valence-corrected chi connectivity index (χ0v) is 11.2. The standard InChI is InChI=1S/CH4O3S.Pb.Sn/c1-5(2,3)4;;/h1H3,(H,2,3,4);;. The van der Waals surface area contributed by atoms with Gasteiger partial charge in [-0.05, 0) is 0 Å². The van der Waals surface area contributed by atoms with Gasteiger partial charge in [-0.2, -0.15) is 8.42 Å². The Hall–Kier alpha value is 1.63. The van der Waals surface area contributed by atoms with Crippen molar-refractivity contribution in [1.82, 2.24) is 0 Å². The summed E-state index contributed by atoms with van der Waals surface area (Å²) in [7, 11) is -3.67. The van der Waals surface area contributed by atoms with Crippen molar-refractivity contribution >= 4 is 61.3 Å². The zero-order chi connectivity index (χ0) is 4.50. The minimum absolute atomic E-state index is 0. The molecule has 6 heteroatoms. The van der Waals surface area contributed by atoms with Gasteiger partial charge in [-0.1, -0.05) is 0 Å². The quantitative estimate of drug-likeness (QED) is 0.392. The van der Waals surface area contributed by atoms with Crippen LogP contribution < -0.4 is 0 Å². The molecule has 7 heavy (non-hydrogen) atoms. The van der Waals surface area contributed by atoms with E-state index in [9.17, 15) is 8.42 Å². The van der Waals surface area contributed by atoms with Crippen molar-refractivity contribution in [3.63, 3.8) is 0 Å². The van der Waals surface area contributed by atoms with Crippen LogP contribution in [0.25, 0.3) is 0 Å². The van der Waals surface area contributed by atoms with E-state index < -0.39 is 10.1 Å². The van der Waals surface area contributed by atoms with Gasteiger partial charge >= 0.3 is 0 Å². The van der Waals surface area contributed by atoms with Crippen LogP contribution in [0.1, 0.15) is 0 Å². The van der Waals surface area contributed by atoms with E-state index in [-0.39, 0.29) is 51.2 Å². The molecule has 0 aliphatic heterocycles. The van der Waals surface area contributed by atoms with Gasteiger partial charge in [-0.25, -0.2) is 0 Å². The first-order valence-corrected chi connectivity index (χ1v) is 2.77. The summed E-state index contributed by atoms with van der Waals surface area (Å²) in [5.74, 6) is 0. The van der Waals surface area contributed by atoms with E-state index >= 15 is 0 Å². The Labute approximate surface area is 79.7 Å². The van der Waals surface area contributed by atoms with Gasteiger partial charge in [0.25, 0.3) is 10.1 Å². The smallest absolute Gasteiger partial charge is 0.261 e. The minimum atomic E-state index is -3.67. The molecule has 0 saturated carbocycles. The number of hydrogen-bond acceptors (Lipinski definition) is 2. The summed E-state index contributed by atoms with van der Waals surface area (Å²) >= 11 is 0. The maximum Gasteiger partial charge on any atom is 0.261 e. The predicted molar refractivity (Wildman–Crippen MR) is 29.0 cm³/mol. The Bertz CT molecular complexity index is 98.1. The Kier molecular flexibility index (Phi) is 13.0. The van der Waals surface area contributed by atoms with Crippen LogP contribution in [0, 0.1) is 0 Å². The molecule has 0 atom stereocenters. The SMILES string of the molecule is CS(=O)(=O)O.[Pb].[Sn]. The average molecular weight is 422 g/mol. The molecule has 0 fully saturated rings.